The Morgan fingerprint density at radius 2 is 2.00 bits per heavy atom. The van der Waals surface area contributed by atoms with Gasteiger partial charge in [-0.05, 0) is 69.4 Å². The third-order valence-corrected chi connectivity index (χ3v) is 4.59. The molecule has 2 N–H and O–H groups in total. The van der Waals surface area contributed by atoms with Gasteiger partial charge in [-0.2, -0.15) is 0 Å². The van der Waals surface area contributed by atoms with Crippen molar-refractivity contribution < 1.29 is 4.74 Å². The Morgan fingerprint density at radius 3 is 2.68 bits per heavy atom. The average molecular weight is 364 g/mol. The molecule has 2 rings (SSSR count). The molecule has 0 bridgehead atoms. The first-order valence-corrected chi connectivity index (χ1v) is 9.87. The molecule has 2 atom stereocenters. The number of benzene rings is 1. The summed E-state index contributed by atoms with van der Waals surface area (Å²) in [5.74, 6) is 2.50. The van der Waals surface area contributed by atoms with Crippen molar-refractivity contribution in [3.8, 4) is 5.75 Å². The molecule has 5 heteroatoms. The lowest BCUT2D eigenvalue weighted by Gasteiger charge is -2.35. The molecule has 1 fully saturated rings. The lowest BCUT2D eigenvalue weighted by molar-refractivity contribution is 0.140. The van der Waals surface area contributed by atoms with Gasteiger partial charge < -0.3 is 20.3 Å². The number of ether oxygens (including phenoxy) is 1. The summed E-state index contributed by atoms with van der Waals surface area (Å²) >= 11 is 5.40. The standard InChI is InChI=1S/C20H33N3OS/c1-15(2)24-19-8-5-7-18(12-19)22-20(25)21-9-6-10-23-13-16(3)11-17(4)14-23/h5,7-8,12,15-17H,6,9-11,13-14H2,1-4H3,(H2,21,22,25)/t16-,17+. The van der Waals surface area contributed by atoms with E-state index in [0.717, 1.165) is 42.8 Å². The van der Waals surface area contributed by atoms with Gasteiger partial charge in [-0.3, -0.25) is 0 Å². The minimum absolute atomic E-state index is 0.167. The van der Waals surface area contributed by atoms with Gasteiger partial charge >= 0.3 is 0 Å². The van der Waals surface area contributed by atoms with Gasteiger partial charge in [0.25, 0.3) is 0 Å². The number of nitrogens with one attached hydrogen (secondary N) is 2. The van der Waals surface area contributed by atoms with Gasteiger partial charge in [0.05, 0.1) is 6.10 Å². The van der Waals surface area contributed by atoms with E-state index in [-0.39, 0.29) is 6.10 Å². The van der Waals surface area contributed by atoms with E-state index in [1.807, 2.05) is 38.1 Å². The van der Waals surface area contributed by atoms with Crippen molar-refractivity contribution >= 4 is 23.0 Å². The van der Waals surface area contributed by atoms with E-state index in [4.69, 9.17) is 17.0 Å². The minimum atomic E-state index is 0.167. The zero-order valence-electron chi connectivity index (χ0n) is 16.0. The van der Waals surface area contributed by atoms with E-state index in [1.54, 1.807) is 0 Å². The van der Waals surface area contributed by atoms with Crippen LogP contribution in [-0.2, 0) is 0 Å². The Balaban J connectivity index is 1.67. The topological polar surface area (TPSA) is 36.5 Å². The van der Waals surface area contributed by atoms with Gasteiger partial charge in [0.15, 0.2) is 5.11 Å². The summed E-state index contributed by atoms with van der Waals surface area (Å²) < 4.78 is 5.71. The second-order valence-corrected chi connectivity index (χ2v) is 8.04. The molecule has 4 nitrogen and oxygen atoms in total. The van der Waals surface area contributed by atoms with Crippen molar-refractivity contribution in [3.05, 3.63) is 24.3 Å². The molecule has 0 radical (unpaired) electrons. The van der Waals surface area contributed by atoms with E-state index in [9.17, 15) is 0 Å². The molecule has 0 amide bonds. The van der Waals surface area contributed by atoms with Crippen LogP contribution in [0, 0.1) is 11.8 Å². The van der Waals surface area contributed by atoms with Crippen LogP contribution in [-0.4, -0.2) is 42.3 Å². The monoisotopic (exact) mass is 363 g/mol. The normalized spacial score (nSPS) is 21.2. The minimum Gasteiger partial charge on any atom is -0.491 e. The second-order valence-electron chi connectivity index (χ2n) is 7.63. The number of hydrogen-bond acceptors (Lipinski definition) is 3. The van der Waals surface area contributed by atoms with Crippen LogP contribution in [0.4, 0.5) is 5.69 Å². The molecule has 1 aliphatic rings. The molecule has 0 unspecified atom stereocenters. The maximum Gasteiger partial charge on any atom is 0.170 e. The maximum atomic E-state index is 5.71. The molecule has 1 saturated heterocycles. The smallest absolute Gasteiger partial charge is 0.170 e. The van der Waals surface area contributed by atoms with Crippen LogP contribution in [0.1, 0.15) is 40.5 Å². The number of nitrogens with zero attached hydrogens (tertiary/aromatic N) is 1. The molecule has 25 heavy (non-hydrogen) atoms. The van der Waals surface area contributed by atoms with Crippen LogP contribution in [0.15, 0.2) is 24.3 Å². The first-order chi connectivity index (χ1) is 11.9. The molecular weight excluding hydrogens is 330 g/mol. The summed E-state index contributed by atoms with van der Waals surface area (Å²) in [6.45, 7) is 13.3. The zero-order valence-corrected chi connectivity index (χ0v) is 16.9. The number of hydrogen-bond donors (Lipinski definition) is 2. The van der Waals surface area contributed by atoms with E-state index >= 15 is 0 Å². The molecule has 1 heterocycles. The summed E-state index contributed by atoms with van der Waals surface area (Å²) in [5.41, 5.74) is 0.953. The van der Waals surface area contributed by atoms with Crippen molar-refractivity contribution in [1.29, 1.82) is 0 Å². The van der Waals surface area contributed by atoms with Gasteiger partial charge in [0, 0.05) is 31.4 Å². The van der Waals surface area contributed by atoms with E-state index in [1.165, 1.54) is 19.5 Å². The molecule has 1 aliphatic heterocycles. The van der Waals surface area contributed by atoms with E-state index in [2.05, 4.69) is 29.4 Å². The first kappa shape index (κ1) is 20.0. The Hall–Kier alpha value is -1.33. The van der Waals surface area contributed by atoms with Crippen molar-refractivity contribution in [2.75, 3.05) is 31.5 Å². The second kappa shape index (κ2) is 9.97. The molecule has 1 aromatic carbocycles. The van der Waals surface area contributed by atoms with E-state index in [0.29, 0.717) is 5.11 Å². The molecule has 0 saturated carbocycles. The molecule has 0 aliphatic carbocycles. The van der Waals surface area contributed by atoms with Gasteiger partial charge in [0.1, 0.15) is 5.75 Å². The third-order valence-electron chi connectivity index (χ3n) is 4.34. The largest absolute Gasteiger partial charge is 0.491 e. The highest BCUT2D eigenvalue weighted by Crippen LogP contribution is 2.21. The predicted octanol–water partition coefficient (Wildman–Crippen LogP) is 4.13. The van der Waals surface area contributed by atoms with Crippen LogP contribution in [0.3, 0.4) is 0 Å². The zero-order chi connectivity index (χ0) is 18.2. The Kier molecular flexibility index (Phi) is 7.97. The molecule has 0 spiro atoms. The number of thiocarbonyl (C=S) groups is 1. The highest BCUT2D eigenvalue weighted by Gasteiger charge is 2.20. The van der Waals surface area contributed by atoms with Crippen LogP contribution in [0.5, 0.6) is 5.75 Å². The number of piperidine rings is 1. The summed E-state index contributed by atoms with van der Waals surface area (Å²) in [5, 5.41) is 7.21. The lowest BCUT2D eigenvalue weighted by atomic mass is 9.92. The maximum absolute atomic E-state index is 5.71. The highest BCUT2D eigenvalue weighted by molar-refractivity contribution is 7.80. The number of rotatable bonds is 7. The van der Waals surface area contributed by atoms with Crippen LogP contribution < -0.4 is 15.4 Å². The summed E-state index contributed by atoms with van der Waals surface area (Å²) in [6, 6.07) is 7.91. The van der Waals surface area contributed by atoms with Gasteiger partial charge in [-0.15, -0.1) is 0 Å². The summed E-state index contributed by atoms with van der Waals surface area (Å²) in [6.07, 6.45) is 2.64. The Morgan fingerprint density at radius 1 is 1.28 bits per heavy atom. The summed E-state index contributed by atoms with van der Waals surface area (Å²) in [4.78, 5) is 2.59. The highest BCUT2D eigenvalue weighted by atomic mass is 32.1. The number of anilines is 1. The van der Waals surface area contributed by atoms with Crippen LogP contribution >= 0.6 is 12.2 Å². The van der Waals surface area contributed by atoms with Gasteiger partial charge in [0.2, 0.25) is 0 Å². The van der Waals surface area contributed by atoms with Gasteiger partial charge in [-0.25, -0.2) is 0 Å². The molecule has 0 aromatic heterocycles. The Bertz CT molecular complexity index is 539. The average Bonchev–Trinajstić information content (AvgIpc) is 2.50. The predicted molar refractivity (Wildman–Crippen MR) is 110 cm³/mol. The Labute approximate surface area is 158 Å². The number of likely N-dealkylation sites (tertiary alicyclic amines) is 1. The van der Waals surface area contributed by atoms with Crippen molar-refractivity contribution in [2.24, 2.45) is 11.8 Å². The quantitative estimate of drug-likeness (QED) is 0.563. The SMILES string of the molecule is CC(C)Oc1cccc(NC(=S)NCCCN2C[C@H](C)C[C@H](C)C2)c1. The van der Waals surface area contributed by atoms with Crippen LogP contribution in [0.25, 0.3) is 0 Å². The third kappa shape index (κ3) is 7.61. The van der Waals surface area contributed by atoms with Gasteiger partial charge in [-0.1, -0.05) is 19.9 Å². The van der Waals surface area contributed by atoms with E-state index < -0.39 is 0 Å². The lowest BCUT2D eigenvalue weighted by Crippen LogP contribution is -2.40. The van der Waals surface area contributed by atoms with Crippen molar-refractivity contribution in [1.82, 2.24) is 10.2 Å². The van der Waals surface area contributed by atoms with Crippen molar-refractivity contribution in [3.63, 3.8) is 0 Å². The fourth-order valence-electron chi connectivity index (χ4n) is 3.57. The fraction of sp³-hybridized carbons (Fsp3) is 0.650. The fourth-order valence-corrected chi connectivity index (χ4v) is 3.79. The summed E-state index contributed by atoms with van der Waals surface area (Å²) in [7, 11) is 0. The van der Waals surface area contributed by atoms with Crippen molar-refractivity contribution in [2.45, 2.75) is 46.6 Å². The molecular formula is C20H33N3OS. The van der Waals surface area contributed by atoms with Crippen LogP contribution in [0.2, 0.25) is 0 Å². The molecule has 1 aromatic rings. The first-order valence-electron chi connectivity index (χ1n) is 9.46. The molecule has 140 valence electrons.